The number of nitrogens with one attached hydrogen (secondary N) is 1. The van der Waals surface area contributed by atoms with Gasteiger partial charge in [0, 0.05) is 16.1 Å². The molecule has 0 unspecified atom stereocenters. The molecule has 0 aliphatic carbocycles. The molecule has 0 aliphatic rings. The van der Waals surface area contributed by atoms with E-state index in [4.69, 9.17) is 0 Å². The summed E-state index contributed by atoms with van der Waals surface area (Å²) < 4.78 is 28.2. The molecule has 1 N–H and O–H groups in total. The van der Waals surface area contributed by atoms with Crippen LogP contribution < -0.4 is 3.75 Å². The van der Waals surface area contributed by atoms with Crippen LogP contribution in [0.1, 0.15) is 12.0 Å². The van der Waals surface area contributed by atoms with Gasteiger partial charge in [0.1, 0.15) is 0 Å². The number of benzene rings is 1. The van der Waals surface area contributed by atoms with Crippen molar-refractivity contribution in [2.45, 2.75) is 12.8 Å². The quantitative estimate of drug-likeness (QED) is 0.643. The molecule has 84 valence electrons. The van der Waals surface area contributed by atoms with E-state index in [-0.39, 0.29) is 6.61 Å². The van der Waals surface area contributed by atoms with E-state index < -0.39 is 10.3 Å². The molecule has 4 nitrogen and oxygen atoms in total. The molecule has 0 saturated heterocycles. The van der Waals surface area contributed by atoms with E-state index >= 15 is 0 Å². The molecule has 0 amide bonds. The first-order chi connectivity index (χ1) is 7.14. The van der Waals surface area contributed by atoms with E-state index in [9.17, 15) is 8.42 Å². The third-order valence-corrected chi connectivity index (χ3v) is 3.64. The van der Waals surface area contributed by atoms with E-state index in [0.29, 0.717) is 6.42 Å². The van der Waals surface area contributed by atoms with Crippen molar-refractivity contribution in [2.24, 2.45) is 0 Å². The van der Waals surface area contributed by atoms with Crippen LogP contribution in [0, 0.1) is 0 Å². The average Bonchev–Trinajstić information content (AvgIpc) is 2.26. The number of rotatable bonds is 6. The van der Waals surface area contributed by atoms with Crippen LogP contribution in [0.5, 0.6) is 0 Å². The Morgan fingerprint density at radius 3 is 2.53 bits per heavy atom. The number of hydrogen-bond acceptors (Lipinski definition) is 3. The summed E-state index contributed by atoms with van der Waals surface area (Å²) in [5.74, 6) is 0. The third kappa shape index (κ3) is 5.27. The minimum atomic E-state index is -3.61. The van der Waals surface area contributed by atoms with Gasteiger partial charge < -0.3 is 0 Å². The predicted molar refractivity (Wildman–Crippen MR) is 61.7 cm³/mol. The summed E-state index contributed by atoms with van der Waals surface area (Å²) in [5.41, 5.74) is 1.17. The van der Waals surface area contributed by atoms with Crippen molar-refractivity contribution in [2.75, 3.05) is 6.61 Å². The van der Waals surface area contributed by atoms with Gasteiger partial charge >= 0.3 is 10.3 Å². The van der Waals surface area contributed by atoms with Gasteiger partial charge in [0.15, 0.2) is 0 Å². The van der Waals surface area contributed by atoms with Crippen molar-refractivity contribution in [1.29, 1.82) is 0 Å². The Hall–Kier alpha value is -0.430. The summed E-state index contributed by atoms with van der Waals surface area (Å²) in [6.45, 7) is 0.176. The molecule has 0 fully saturated rings. The second-order valence-corrected chi connectivity index (χ2v) is 5.21. The van der Waals surface area contributed by atoms with Gasteiger partial charge in [0.2, 0.25) is 0 Å². The third-order valence-electron chi connectivity index (χ3n) is 1.79. The second kappa shape index (κ2) is 6.22. The van der Waals surface area contributed by atoms with Gasteiger partial charge in [-0.05, 0) is 18.4 Å². The Morgan fingerprint density at radius 1 is 1.27 bits per heavy atom. The summed E-state index contributed by atoms with van der Waals surface area (Å²) in [4.78, 5) is 0. The molecule has 0 heterocycles. The highest BCUT2D eigenvalue weighted by Gasteiger charge is 2.06. The summed E-state index contributed by atoms with van der Waals surface area (Å²) in [7, 11) is -3.61. The maximum absolute atomic E-state index is 10.8. The monoisotopic (exact) mass is 293 g/mol. The van der Waals surface area contributed by atoms with Crippen molar-refractivity contribution >= 4 is 26.5 Å². The highest BCUT2D eigenvalue weighted by Crippen LogP contribution is 2.03. The summed E-state index contributed by atoms with van der Waals surface area (Å²) in [6.07, 6.45) is 1.47. The summed E-state index contributed by atoms with van der Waals surface area (Å²) in [6, 6.07) is 9.84. The fourth-order valence-corrected chi connectivity index (χ4v) is 1.77. The fraction of sp³-hybridized carbons (Fsp3) is 0.333. The largest absolute Gasteiger partial charge is 0.345 e. The normalized spacial score (nSPS) is 11.5. The van der Waals surface area contributed by atoms with Gasteiger partial charge in [-0.25, -0.2) is 0 Å². The first-order valence-corrected chi connectivity index (χ1v) is 6.65. The zero-order valence-electron chi connectivity index (χ0n) is 8.02. The summed E-state index contributed by atoms with van der Waals surface area (Å²) >= 11 is 2.60. The minimum Gasteiger partial charge on any atom is -0.257 e. The first kappa shape index (κ1) is 12.6. The maximum Gasteiger partial charge on any atom is 0.345 e. The number of hydrogen-bond donors (Lipinski definition) is 1. The zero-order chi connectivity index (χ0) is 11.1. The van der Waals surface area contributed by atoms with E-state index in [1.165, 1.54) is 5.56 Å². The molecule has 0 atom stereocenters. The highest BCUT2D eigenvalue weighted by molar-refractivity contribution is 9.09. The van der Waals surface area contributed by atoms with Crippen LogP contribution in [0.15, 0.2) is 30.3 Å². The Kier molecular flexibility index (Phi) is 5.24. The zero-order valence-corrected chi connectivity index (χ0v) is 10.4. The standard InChI is InChI=1S/C9H12BrNO3S/c10-11-15(12,13)14-8-4-7-9-5-2-1-3-6-9/h1-3,5-6,11H,4,7-8H2. The van der Waals surface area contributed by atoms with Crippen LogP contribution in [-0.2, 0) is 20.9 Å². The molecule has 0 aromatic heterocycles. The SMILES string of the molecule is O=S(=O)(NBr)OCCCc1ccccc1. The van der Waals surface area contributed by atoms with Gasteiger partial charge in [0.05, 0.1) is 6.61 Å². The van der Waals surface area contributed by atoms with Crippen molar-refractivity contribution in [3.63, 3.8) is 0 Å². The van der Waals surface area contributed by atoms with Gasteiger partial charge in [0.25, 0.3) is 0 Å². The Morgan fingerprint density at radius 2 is 1.93 bits per heavy atom. The van der Waals surface area contributed by atoms with Crippen molar-refractivity contribution in [3.05, 3.63) is 35.9 Å². The maximum atomic E-state index is 10.8. The molecule has 0 bridgehead atoms. The Labute approximate surface area is 98.2 Å². The Bertz CT molecular complexity index is 380. The number of aryl methyl sites for hydroxylation is 1. The lowest BCUT2D eigenvalue weighted by molar-refractivity contribution is 0.311. The van der Waals surface area contributed by atoms with Crippen LogP contribution in [-0.4, -0.2) is 15.0 Å². The van der Waals surface area contributed by atoms with E-state index in [0.717, 1.165) is 6.42 Å². The van der Waals surface area contributed by atoms with Crippen LogP contribution in [0.2, 0.25) is 0 Å². The number of halogens is 1. The average molecular weight is 294 g/mol. The Balaban J connectivity index is 2.24. The molecular formula is C9H12BrNO3S. The lowest BCUT2D eigenvalue weighted by Crippen LogP contribution is -2.17. The first-order valence-electron chi connectivity index (χ1n) is 4.45. The molecule has 1 aromatic carbocycles. The van der Waals surface area contributed by atoms with E-state index in [1.54, 1.807) is 0 Å². The van der Waals surface area contributed by atoms with Crippen molar-refractivity contribution in [3.8, 4) is 0 Å². The molecule has 6 heteroatoms. The molecular weight excluding hydrogens is 282 g/mol. The van der Waals surface area contributed by atoms with Crippen LogP contribution in [0.4, 0.5) is 0 Å². The van der Waals surface area contributed by atoms with Gasteiger partial charge in [-0.2, -0.15) is 8.42 Å². The molecule has 0 saturated carbocycles. The highest BCUT2D eigenvalue weighted by atomic mass is 79.9. The van der Waals surface area contributed by atoms with E-state index in [1.807, 2.05) is 34.1 Å². The smallest absolute Gasteiger partial charge is 0.257 e. The summed E-state index contributed by atoms with van der Waals surface area (Å²) in [5, 5.41) is 0. The fourth-order valence-electron chi connectivity index (χ4n) is 1.11. The lowest BCUT2D eigenvalue weighted by atomic mass is 10.1. The van der Waals surface area contributed by atoms with Crippen LogP contribution in [0.25, 0.3) is 0 Å². The molecule has 1 aromatic rings. The van der Waals surface area contributed by atoms with Crippen molar-refractivity contribution in [1.82, 2.24) is 3.75 Å². The molecule has 1 rings (SSSR count). The molecule has 0 aliphatic heterocycles. The molecule has 15 heavy (non-hydrogen) atoms. The topological polar surface area (TPSA) is 55.4 Å². The predicted octanol–water partition coefficient (Wildman–Crippen LogP) is 1.78. The van der Waals surface area contributed by atoms with Gasteiger partial charge in [-0.15, -0.1) is 3.75 Å². The van der Waals surface area contributed by atoms with Crippen LogP contribution >= 0.6 is 16.1 Å². The van der Waals surface area contributed by atoms with Gasteiger partial charge in [-0.1, -0.05) is 30.3 Å². The minimum absolute atomic E-state index is 0.176. The van der Waals surface area contributed by atoms with E-state index in [2.05, 4.69) is 20.3 Å². The molecule has 0 spiro atoms. The lowest BCUT2D eigenvalue weighted by Gasteiger charge is -2.02. The van der Waals surface area contributed by atoms with Gasteiger partial charge in [-0.3, -0.25) is 4.18 Å². The van der Waals surface area contributed by atoms with Crippen molar-refractivity contribution < 1.29 is 12.6 Å². The molecule has 0 radical (unpaired) electrons. The second-order valence-electron chi connectivity index (χ2n) is 2.94. The van der Waals surface area contributed by atoms with Crippen LogP contribution in [0.3, 0.4) is 0 Å².